The van der Waals surface area contributed by atoms with Crippen LogP contribution in [-0.4, -0.2) is 25.0 Å². The Morgan fingerprint density at radius 1 is 1.12 bits per heavy atom. The average Bonchev–Trinajstić information content (AvgIpc) is 3.08. The molecule has 2 aromatic heterocycles. The maximum absolute atomic E-state index is 12.2. The van der Waals surface area contributed by atoms with Gasteiger partial charge >= 0.3 is 5.69 Å². The number of hydrogen-bond donors (Lipinski definition) is 2. The first kappa shape index (κ1) is 16.5. The van der Waals surface area contributed by atoms with Crippen molar-refractivity contribution in [1.29, 1.82) is 0 Å². The smallest absolute Gasteiger partial charge is 0.282 e. The fraction of sp³-hybridized carbons (Fsp3) is 0.353. The van der Waals surface area contributed by atoms with Gasteiger partial charge in [0.25, 0.3) is 0 Å². The fourth-order valence-corrected chi connectivity index (χ4v) is 3.11. The van der Waals surface area contributed by atoms with E-state index in [-0.39, 0.29) is 11.7 Å². The third-order valence-corrected chi connectivity index (χ3v) is 4.65. The fourth-order valence-electron chi connectivity index (χ4n) is 2.98. The van der Waals surface area contributed by atoms with Crippen LogP contribution in [0.15, 0.2) is 29.1 Å². The monoisotopic (exact) mass is 345 g/mol. The Balaban J connectivity index is 1.86. The highest BCUT2D eigenvalue weighted by Gasteiger charge is 2.17. The standard InChI is InChI=1S/C17H20ClN5O/c1-10-15(11(2)20-19-10)8-9-16-21-22-17(24)23(16)12(3)13-4-6-14(18)7-5-13/h4-7,12H,8-9H2,1-3H3,(H,19,20)(H,22,24)/t12-/m1/s1. The maximum atomic E-state index is 12.2. The Hall–Kier alpha value is -2.34. The molecule has 0 bridgehead atoms. The molecule has 24 heavy (non-hydrogen) atoms. The van der Waals surface area contributed by atoms with Crippen LogP contribution in [0.2, 0.25) is 5.02 Å². The van der Waals surface area contributed by atoms with Gasteiger partial charge in [0.05, 0.1) is 11.7 Å². The predicted octanol–water partition coefficient (Wildman–Crippen LogP) is 2.96. The number of H-pyrrole nitrogens is 2. The minimum atomic E-state index is -0.201. The number of nitrogens with one attached hydrogen (secondary N) is 2. The molecular formula is C17H20ClN5O. The van der Waals surface area contributed by atoms with E-state index in [1.807, 2.05) is 45.0 Å². The van der Waals surface area contributed by atoms with E-state index in [4.69, 9.17) is 11.6 Å². The SMILES string of the molecule is Cc1n[nH]c(C)c1CCc1n[nH]c(=O)n1[C@H](C)c1ccc(Cl)cc1. The molecule has 0 spiro atoms. The van der Waals surface area contributed by atoms with Gasteiger partial charge in [0, 0.05) is 17.1 Å². The predicted molar refractivity (Wildman–Crippen MR) is 93.6 cm³/mol. The molecule has 3 rings (SSSR count). The topological polar surface area (TPSA) is 79.4 Å². The molecule has 0 radical (unpaired) electrons. The molecule has 0 aliphatic rings. The van der Waals surface area contributed by atoms with E-state index in [9.17, 15) is 4.79 Å². The normalized spacial score (nSPS) is 12.5. The number of rotatable bonds is 5. The minimum Gasteiger partial charge on any atom is -0.282 e. The number of aromatic nitrogens is 5. The van der Waals surface area contributed by atoms with Crippen LogP contribution >= 0.6 is 11.6 Å². The summed E-state index contributed by atoms with van der Waals surface area (Å²) in [4.78, 5) is 12.2. The van der Waals surface area contributed by atoms with Gasteiger partial charge in [0.2, 0.25) is 0 Å². The summed E-state index contributed by atoms with van der Waals surface area (Å²) in [5.41, 5.74) is 4.04. The lowest BCUT2D eigenvalue weighted by Crippen LogP contribution is -2.23. The second kappa shape index (κ2) is 6.65. The van der Waals surface area contributed by atoms with Crippen LogP contribution in [0.1, 0.15) is 41.3 Å². The number of aryl methyl sites for hydroxylation is 3. The molecule has 126 valence electrons. The Morgan fingerprint density at radius 3 is 2.46 bits per heavy atom. The zero-order valence-corrected chi connectivity index (χ0v) is 14.7. The van der Waals surface area contributed by atoms with E-state index in [0.717, 1.165) is 29.2 Å². The largest absolute Gasteiger partial charge is 0.343 e. The van der Waals surface area contributed by atoms with E-state index in [1.165, 1.54) is 5.56 Å². The molecule has 0 amide bonds. The molecular weight excluding hydrogens is 326 g/mol. The summed E-state index contributed by atoms with van der Waals surface area (Å²) in [5.74, 6) is 0.738. The second-order valence-electron chi connectivity index (χ2n) is 5.96. The number of benzene rings is 1. The summed E-state index contributed by atoms with van der Waals surface area (Å²) in [6, 6.07) is 7.41. The van der Waals surface area contributed by atoms with Crippen LogP contribution in [0.5, 0.6) is 0 Å². The minimum absolute atomic E-state index is 0.116. The quantitative estimate of drug-likeness (QED) is 0.746. The summed E-state index contributed by atoms with van der Waals surface area (Å²) in [5, 5.41) is 14.7. The van der Waals surface area contributed by atoms with Gasteiger partial charge in [-0.05, 0) is 50.5 Å². The summed E-state index contributed by atoms with van der Waals surface area (Å²) < 4.78 is 1.70. The first-order valence-electron chi connectivity index (χ1n) is 7.89. The van der Waals surface area contributed by atoms with Gasteiger partial charge in [-0.1, -0.05) is 23.7 Å². The number of aromatic amines is 2. The number of hydrogen-bond acceptors (Lipinski definition) is 3. The van der Waals surface area contributed by atoms with Gasteiger partial charge in [-0.15, -0.1) is 0 Å². The van der Waals surface area contributed by atoms with Crippen LogP contribution in [0, 0.1) is 13.8 Å². The molecule has 1 aromatic carbocycles. The van der Waals surface area contributed by atoms with Gasteiger partial charge in [-0.2, -0.15) is 10.2 Å². The van der Waals surface area contributed by atoms with Gasteiger partial charge in [-0.3, -0.25) is 9.67 Å². The van der Waals surface area contributed by atoms with Crippen LogP contribution in [0.25, 0.3) is 0 Å². The molecule has 2 heterocycles. The van der Waals surface area contributed by atoms with Gasteiger partial charge in [0.1, 0.15) is 5.82 Å². The molecule has 0 unspecified atom stereocenters. The molecule has 6 nitrogen and oxygen atoms in total. The van der Waals surface area contributed by atoms with Gasteiger partial charge < -0.3 is 0 Å². The van der Waals surface area contributed by atoms with Crippen molar-refractivity contribution in [2.24, 2.45) is 0 Å². The Morgan fingerprint density at radius 2 is 1.83 bits per heavy atom. The highest BCUT2D eigenvalue weighted by molar-refractivity contribution is 6.30. The molecule has 0 aliphatic heterocycles. The van der Waals surface area contributed by atoms with Crippen molar-refractivity contribution >= 4 is 11.6 Å². The van der Waals surface area contributed by atoms with E-state index in [2.05, 4.69) is 20.4 Å². The lowest BCUT2D eigenvalue weighted by Gasteiger charge is -2.15. The Bertz CT molecular complexity index is 871. The van der Waals surface area contributed by atoms with Crippen LogP contribution in [0.3, 0.4) is 0 Å². The maximum Gasteiger partial charge on any atom is 0.343 e. The summed E-state index contributed by atoms with van der Waals surface area (Å²) in [7, 11) is 0. The average molecular weight is 346 g/mol. The van der Waals surface area contributed by atoms with Crippen molar-refractivity contribution < 1.29 is 0 Å². The third kappa shape index (κ3) is 3.14. The molecule has 7 heteroatoms. The van der Waals surface area contributed by atoms with Crippen molar-refractivity contribution in [3.8, 4) is 0 Å². The summed E-state index contributed by atoms with van der Waals surface area (Å²) in [6.45, 7) is 5.97. The first-order chi connectivity index (χ1) is 11.5. The molecule has 0 saturated carbocycles. The van der Waals surface area contributed by atoms with E-state index < -0.39 is 0 Å². The Kier molecular flexibility index (Phi) is 4.57. The highest BCUT2D eigenvalue weighted by Crippen LogP contribution is 2.20. The number of nitrogens with zero attached hydrogens (tertiary/aromatic N) is 3. The van der Waals surface area contributed by atoms with Gasteiger partial charge in [0.15, 0.2) is 0 Å². The van der Waals surface area contributed by atoms with Crippen molar-refractivity contribution in [1.82, 2.24) is 25.0 Å². The van der Waals surface area contributed by atoms with E-state index in [0.29, 0.717) is 11.4 Å². The summed E-state index contributed by atoms with van der Waals surface area (Å²) in [6.07, 6.45) is 1.45. The van der Waals surface area contributed by atoms with Crippen molar-refractivity contribution in [3.63, 3.8) is 0 Å². The molecule has 0 saturated heterocycles. The second-order valence-corrected chi connectivity index (χ2v) is 6.39. The molecule has 0 fully saturated rings. The zero-order chi connectivity index (χ0) is 17.3. The van der Waals surface area contributed by atoms with Crippen LogP contribution in [0.4, 0.5) is 0 Å². The highest BCUT2D eigenvalue weighted by atomic mass is 35.5. The van der Waals surface area contributed by atoms with Crippen LogP contribution < -0.4 is 5.69 Å². The molecule has 2 N–H and O–H groups in total. The lowest BCUT2D eigenvalue weighted by molar-refractivity contribution is 0.581. The van der Waals surface area contributed by atoms with Crippen LogP contribution in [-0.2, 0) is 12.8 Å². The lowest BCUT2D eigenvalue weighted by atomic mass is 10.1. The van der Waals surface area contributed by atoms with Crippen molar-refractivity contribution in [2.45, 2.75) is 39.7 Å². The van der Waals surface area contributed by atoms with Crippen molar-refractivity contribution in [3.05, 3.63) is 68.1 Å². The summed E-state index contributed by atoms with van der Waals surface area (Å²) >= 11 is 5.94. The Labute approximate surface area is 144 Å². The first-order valence-corrected chi connectivity index (χ1v) is 8.27. The van der Waals surface area contributed by atoms with E-state index >= 15 is 0 Å². The van der Waals surface area contributed by atoms with E-state index in [1.54, 1.807) is 4.57 Å². The molecule has 1 atom stereocenters. The third-order valence-electron chi connectivity index (χ3n) is 4.40. The molecule has 3 aromatic rings. The number of halogens is 1. The zero-order valence-electron chi connectivity index (χ0n) is 13.9. The van der Waals surface area contributed by atoms with Crippen molar-refractivity contribution in [2.75, 3.05) is 0 Å². The van der Waals surface area contributed by atoms with Gasteiger partial charge in [-0.25, -0.2) is 9.89 Å². The molecule has 0 aliphatic carbocycles.